The van der Waals surface area contributed by atoms with Gasteiger partial charge in [-0.05, 0) is 17.7 Å². The van der Waals surface area contributed by atoms with Crippen molar-refractivity contribution in [3.05, 3.63) is 47.3 Å². The van der Waals surface area contributed by atoms with Gasteiger partial charge in [0.15, 0.2) is 5.16 Å². The molecule has 20 heavy (non-hydrogen) atoms. The fourth-order valence-corrected chi connectivity index (χ4v) is 3.30. The highest BCUT2D eigenvalue weighted by molar-refractivity contribution is 7.99. The molecule has 1 aromatic heterocycles. The van der Waals surface area contributed by atoms with Gasteiger partial charge in [0.25, 0.3) is 0 Å². The van der Waals surface area contributed by atoms with Crippen molar-refractivity contribution in [3.8, 4) is 6.07 Å². The van der Waals surface area contributed by atoms with Crippen LogP contribution in [0.25, 0.3) is 0 Å². The number of fused-ring (bicyclic) bond motifs is 1. The summed E-state index contributed by atoms with van der Waals surface area (Å²) in [5.74, 6) is -0.213. The Morgan fingerprint density at radius 3 is 2.75 bits per heavy atom. The molecule has 102 valence electrons. The predicted octanol–water partition coefficient (Wildman–Crippen LogP) is 2.57. The lowest BCUT2D eigenvalue weighted by atomic mass is 10.1. The number of thioether (sulfide) groups is 1. The molecule has 1 N–H and O–H groups in total. The molecule has 1 atom stereocenters. The number of benzene rings is 1. The third-order valence-corrected chi connectivity index (χ3v) is 4.13. The highest BCUT2D eigenvalue weighted by atomic mass is 35.5. The highest BCUT2D eigenvalue weighted by Crippen LogP contribution is 2.37. The van der Waals surface area contributed by atoms with Gasteiger partial charge in [-0.2, -0.15) is 5.26 Å². The molecule has 0 amide bonds. The summed E-state index contributed by atoms with van der Waals surface area (Å²) in [7, 11) is 0. The molecule has 1 aromatic carbocycles. The zero-order valence-corrected chi connectivity index (χ0v) is 11.8. The fraction of sp³-hybridized carbons (Fsp3) is 0.154. The van der Waals surface area contributed by atoms with Gasteiger partial charge in [0, 0.05) is 5.75 Å². The minimum atomic E-state index is -0.972. The first-order valence-corrected chi connectivity index (χ1v) is 6.62. The average Bonchev–Trinajstić information content (AvgIpc) is 2.99. The van der Waals surface area contributed by atoms with Gasteiger partial charge in [-0.25, -0.2) is 9.78 Å². The van der Waals surface area contributed by atoms with Crippen molar-refractivity contribution in [3.63, 3.8) is 0 Å². The Balaban J connectivity index is 0.00000147. The van der Waals surface area contributed by atoms with E-state index in [-0.39, 0.29) is 24.1 Å². The van der Waals surface area contributed by atoms with E-state index in [2.05, 4.69) is 11.1 Å². The summed E-state index contributed by atoms with van der Waals surface area (Å²) >= 11 is 1.54. The van der Waals surface area contributed by atoms with E-state index < -0.39 is 5.97 Å². The van der Waals surface area contributed by atoms with Gasteiger partial charge in [-0.15, -0.1) is 12.4 Å². The van der Waals surface area contributed by atoms with Crippen LogP contribution in [0.4, 0.5) is 0 Å². The van der Waals surface area contributed by atoms with E-state index in [4.69, 9.17) is 5.26 Å². The summed E-state index contributed by atoms with van der Waals surface area (Å²) in [6.07, 6.45) is 1.39. The van der Waals surface area contributed by atoms with Crippen molar-refractivity contribution in [2.75, 3.05) is 5.75 Å². The van der Waals surface area contributed by atoms with E-state index in [1.54, 1.807) is 28.5 Å². The Morgan fingerprint density at radius 1 is 1.45 bits per heavy atom. The number of imidazole rings is 1. The van der Waals surface area contributed by atoms with Crippen LogP contribution in [-0.4, -0.2) is 26.4 Å². The van der Waals surface area contributed by atoms with Crippen molar-refractivity contribution < 1.29 is 9.90 Å². The Kier molecular flexibility index (Phi) is 4.02. The second kappa shape index (κ2) is 5.57. The van der Waals surface area contributed by atoms with Gasteiger partial charge in [-0.3, -0.25) is 0 Å². The smallest absolute Gasteiger partial charge is 0.354 e. The van der Waals surface area contributed by atoms with Gasteiger partial charge in [0.05, 0.1) is 23.9 Å². The van der Waals surface area contributed by atoms with Gasteiger partial charge >= 0.3 is 5.97 Å². The summed E-state index contributed by atoms with van der Waals surface area (Å²) in [4.78, 5) is 15.3. The van der Waals surface area contributed by atoms with Crippen LogP contribution >= 0.6 is 24.2 Å². The molecule has 0 fully saturated rings. The first-order chi connectivity index (χ1) is 9.20. The Bertz CT molecular complexity index is 691. The number of rotatable bonds is 2. The lowest BCUT2D eigenvalue weighted by Gasteiger charge is -2.14. The molecule has 3 rings (SSSR count). The lowest BCUT2D eigenvalue weighted by Crippen LogP contribution is -2.14. The van der Waals surface area contributed by atoms with E-state index in [0.717, 1.165) is 16.5 Å². The number of carboxylic acid groups (broad SMARTS) is 1. The fourth-order valence-electron chi connectivity index (χ4n) is 2.16. The number of aromatic carboxylic acids is 1. The monoisotopic (exact) mass is 307 g/mol. The zero-order chi connectivity index (χ0) is 13.4. The second-order valence-corrected chi connectivity index (χ2v) is 5.15. The van der Waals surface area contributed by atoms with Crippen LogP contribution in [0.5, 0.6) is 0 Å². The van der Waals surface area contributed by atoms with E-state index in [0.29, 0.717) is 5.56 Å². The maximum absolute atomic E-state index is 11.2. The third kappa shape index (κ3) is 2.26. The van der Waals surface area contributed by atoms with E-state index >= 15 is 0 Å². The van der Waals surface area contributed by atoms with Crippen LogP contribution in [-0.2, 0) is 0 Å². The summed E-state index contributed by atoms with van der Waals surface area (Å²) in [5.41, 5.74) is 1.79. The van der Waals surface area contributed by atoms with Gasteiger partial charge < -0.3 is 9.67 Å². The molecule has 2 aromatic rings. The summed E-state index contributed by atoms with van der Waals surface area (Å²) in [5, 5.41) is 18.7. The van der Waals surface area contributed by atoms with Gasteiger partial charge in [0.1, 0.15) is 5.69 Å². The van der Waals surface area contributed by atoms with Crippen molar-refractivity contribution >= 4 is 30.1 Å². The van der Waals surface area contributed by atoms with Crippen molar-refractivity contribution in [2.24, 2.45) is 0 Å². The number of nitriles is 1. The van der Waals surface area contributed by atoms with Crippen LogP contribution in [0.15, 0.2) is 35.6 Å². The number of nitrogens with zero attached hydrogens (tertiary/aromatic N) is 3. The van der Waals surface area contributed by atoms with Gasteiger partial charge in [-0.1, -0.05) is 23.9 Å². The minimum absolute atomic E-state index is 0. The predicted molar refractivity (Wildman–Crippen MR) is 76.5 cm³/mol. The van der Waals surface area contributed by atoms with Crippen LogP contribution in [0.3, 0.4) is 0 Å². The summed E-state index contributed by atoms with van der Waals surface area (Å²) < 4.78 is 1.74. The minimum Gasteiger partial charge on any atom is -0.477 e. The molecule has 0 aliphatic carbocycles. The van der Waals surface area contributed by atoms with Crippen molar-refractivity contribution in [1.29, 1.82) is 5.26 Å². The topological polar surface area (TPSA) is 78.9 Å². The summed E-state index contributed by atoms with van der Waals surface area (Å²) in [6, 6.07) is 9.25. The molecule has 0 radical (unpaired) electrons. The molecule has 0 spiro atoms. The van der Waals surface area contributed by atoms with E-state index in [9.17, 15) is 9.90 Å². The standard InChI is InChI=1S/C13H9N3O2S.ClH/c14-5-8-1-3-9(4-2-8)11-7-19-13-15-6-10(12(17)18)16(11)13;/h1-4,6,11H,7H2,(H,17,18);1H. The second-order valence-electron chi connectivity index (χ2n) is 4.16. The summed E-state index contributed by atoms with van der Waals surface area (Å²) in [6.45, 7) is 0. The van der Waals surface area contributed by atoms with E-state index in [1.807, 2.05) is 12.1 Å². The first-order valence-electron chi connectivity index (χ1n) is 5.64. The number of hydrogen-bond acceptors (Lipinski definition) is 4. The quantitative estimate of drug-likeness (QED) is 0.922. The lowest BCUT2D eigenvalue weighted by molar-refractivity contribution is 0.0683. The number of carboxylic acids is 1. The van der Waals surface area contributed by atoms with Crippen molar-refractivity contribution in [1.82, 2.24) is 9.55 Å². The Labute approximate surface area is 125 Å². The van der Waals surface area contributed by atoms with Crippen LogP contribution < -0.4 is 0 Å². The molecule has 0 saturated carbocycles. The maximum atomic E-state index is 11.2. The van der Waals surface area contributed by atoms with E-state index in [1.165, 1.54) is 6.20 Å². The number of halogens is 1. The molecular weight excluding hydrogens is 298 g/mol. The largest absolute Gasteiger partial charge is 0.477 e. The Hall–Kier alpha value is -1.97. The number of carbonyl (C=O) groups is 1. The Morgan fingerprint density at radius 2 is 2.15 bits per heavy atom. The maximum Gasteiger partial charge on any atom is 0.354 e. The molecule has 5 nitrogen and oxygen atoms in total. The number of hydrogen-bond donors (Lipinski definition) is 1. The first kappa shape index (κ1) is 14.4. The average molecular weight is 308 g/mol. The molecule has 1 unspecified atom stereocenters. The zero-order valence-electron chi connectivity index (χ0n) is 10.2. The van der Waals surface area contributed by atoms with Crippen LogP contribution in [0.2, 0.25) is 0 Å². The molecule has 2 heterocycles. The van der Waals surface area contributed by atoms with Crippen molar-refractivity contribution in [2.45, 2.75) is 11.2 Å². The molecule has 7 heteroatoms. The normalized spacial score (nSPS) is 16.1. The number of aromatic nitrogens is 2. The molecule has 0 bridgehead atoms. The van der Waals surface area contributed by atoms with Crippen LogP contribution in [0.1, 0.15) is 27.7 Å². The molecule has 0 saturated heterocycles. The molecular formula is C13H10ClN3O2S. The third-order valence-electron chi connectivity index (χ3n) is 3.09. The SMILES string of the molecule is Cl.N#Cc1ccc(C2CSc3ncc(C(=O)O)n32)cc1. The van der Waals surface area contributed by atoms with Gasteiger partial charge in [0.2, 0.25) is 0 Å². The highest BCUT2D eigenvalue weighted by Gasteiger charge is 2.29. The molecule has 1 aliphatic heterocycles. The van der Waals surface area contributed by atoms with Crippen LogP contribution in [0, 0.1) is 11.3 Å². The molecule has 1 aliphatic rings.